The van der Waals surface area contributed by atoms with Gasteiger partial charge >= 0.3 is 0 Å². The van der Waals surface area contributed by atoms with Gasteiger partial charge in [-0.05, 0) is 26.7 Å². The second-order valence-corrected chi connectivity index (χ2v) is 3.99. The van der Waals surface area contributed by atoms with Gasteiger partial charge in [0.1, 0.15) is 0 Å². The molecule has 0 unspecified atom stereocenters. The number of aromatic nitrogens is 2. The fourth-order valence-electron chi connectivity index (χ4n) is 1.47. The SMILES string of the molecule is CCOCCCCNC(=NC)NCc1nc(C)no1. The highest BCUT2D eigenvalue weighted by molar-refractivity contribution is 5.79. The molecule has 0 bridgehead atoms. The Kier molecular flexibility index (Phi) is 7.57. The van der Waals surface area contributed by atoms with Crippen LogP contribution in [-0.2, 0) is 11.3 Å². The van der Waals surface area contributed by atoms with Crippen molar-refractivity contribution in [2.75, 3.05) is 26.8 Å². The fourth-order valence-corrected chi connectivity index (χ4v) is 1.47. The second kappa shape index (κ2) is 9.32. The van der Waals surface area contributed by atoms with Crippen molar-refractivity contribution in [3.05, 3.63) is 11.7 Å². The molecule has 0 aliphatic carbocycles. The number of aliphatic imine (C=N–C) groups is 1. The molecule has 0 atom stereocenters. The highest BCUT2D eigenvalue weighted by atomic mass is 16.5. The van der Waals surface area contributed by atoms with Crippen LogP contribution in [-0.4, -0.2) is 42.9 Å². The molecule has 0 aromatic carbocycles. The van der Waals surface area contributed by atoms with E-state index >= 15 is 0 Å². The topological polar surface area (TPSA) is 84.6 Å². The first-order valence-electron chi connectivity index (χ1n) is 6.57. The normalized spacial score (nSPS) is 11.6. The number of hydrogen-bond acceptors (Lipinski definition) is 5. The third-order valence-electron chi connectivity index (χ3n) is 2.41. The van der Waals surface area contributed by atoms with Crippen molar-refractivity contribution in [1.82, 2.24) is 20.8 Å². The second-order valence-electron chi connectivity index (χ2n) is 3.99. The highest BCUT2D eigenvalue weighted by Gasteiger charge is 2.03. The van der Waals surface area contributed by atoms with Gasteiger partial charge < -0.3 is 19.9 Å². The summed E-state index contributed by atoms with van der Waals surface area (Å²) < 4.78 is 10.3. The van der Waals surface area contributed by atoms with Crippen LogP contribution >= 0.6 is 0 Å². The van der Waals surface area contributed by atoms with E-state index in [1.165, 1.54) is 0 Å². The molecule has 1 aromatic rings. The summed E-state index contributed by atoms with van der Waals surface area (Å²) in [5, 5.41) is 10.1. The number of nitrogens with one attached hydrogen (secondary N) is 2. The molecule has 1 rings (SSSR count). The molecule has 0 radical (unpaired) electrons. The lowest BCUT2D eigenvalue weighted by molar-refractivity contribution is 0.143. The molecule has 2 N–H and O–H groups in total. The standard InChI is InChI=1S/C12H23N5O2/c1-4-18-8-6-5-7-14-12(13-3)15-9-11-16-10(2)17-19-11/h4-9H2,1-3H3,(H2,13,14,15). The average Bonchev–Trinajstić information content (AvgIpc) is 2.83. The zero-order valence-electron chi connectivity index (χ0n) is 11.9. The van der Waals surface area contributed by atoms with Crippen molar-refractivity contribution in [2.45, 2.75) is 33.2 Å². The molecule has 0 aliphatic rings. The summed E-state index contributed by atoms with van der Waals surface area (Å²) in [5.41, 5.74) is 0. The molecule has 7 nitrogen and oxygen atoms in total. The van der Waals surface area contributed by atoms with Gasteiger partial charge in [-0.15, -0.1) is 0 Å². The van der Waals surface area contributed by atoms with E-state index in [0.29, 0.717) is 18.3 Å². The lowest BCUT2D eigenvalue weighted by Gasteiger charge is -2.10. The Morgan fingerprint density at radius 1 is 1.37 bits per heavy atom. The molecular formula is C12H23N5O2. The van der Waals surface area contributed by atoms with Gasteiger partial charge in [0.15, 0.2) is 11.8 Å². The number of unbranched alkanes of at least 4 members (excludes halogenated alkanes) is 1. The van der Waals surface area contributed by atoms with Crippen LogP contribution in [0.1, 0.15) is 31.5 Å². The fraction of sp³-hybridized carbons (Fsp3) is 0.750. The molecule has 7 heteroatoms. The minimum atomic E-state index is 0.472. The Morgan fingerprint density at radius 3 is 2.84 bits per heavy atom. The maximum Gasteiger partial charge on any atom is 0.246 e. The number of aryl methyl sites for hydroxylation is 1. The van der Waals surface area contributed by atoms with Gasteiger partial charge in [0, 0.05) is 26.8 Å². The smallest absolute Gasteiger partial charge is 0.246 e. The Balaban J connectivity index is 2.12. The molecular weight excluding hydrogens is 246 g/mol. The highest BCUT2D eigenvalue weighted by Crippen LogP contribution is 1.94. The zero-order valence-corrected chi connectivity index (χ0v) is 11.9. The largest absolute Gasteiger partial charge is 0.382 e. The van der Waals surface area contributed by atoms with Crippen LogP contribution in [0.4, 0.5) is 0 Å². The summed E-state index contributed by atoms with van der Waals surface area (Å²) in [4.78, 5) is 8.22. The Bertz CT molecular complexity index is 378. The molecule has 0 fully saturated rings. The van der Waals surface area contributed by atoms with Crippen LogP contribution < -0.4 is 10.6 Å². The van der Waals surface area contributed by atoms with E-state index in [1.807, 2.05) is 6.92 Å². The third-order valence-corrected chi connectivity index (χ3v) is 2.41. The van der Waals surface area contributed by atoms with Gasteiger partial charge in [0.05, 0.1) is 6.54 Å². The quantitative estimate of drug-likeness (QED) is 0.414. The lowest BCUT2D eigenvalue weighted by atomic mass is 10.3. The van der Waals surface area contributed by atoms with Gasteiger partial charge in [-0.2, -0.15) is 4.98 Å². The molecule has 19 heavy (non-hydrogen) atoms. The number of nitrogens with zero attached hydrogens (tertiary/aromatic N) is 3. The van der Waals surface area contributed by atoms with Crippen LogP contribution in [0, 0.1) is 6.92 Å². The van der Waals surface area contributed by atoms with Crippen molar-refractivity contribution in [2.24, 2.45) is 4.99 Å². The van der Waals surface area contributed by atoms with E-state index in [1.54, 1.807) is 14.0 Å². The van der Waals surface area contributed by atoms with Crippen LogP contribution in [0.2, 0.25) is 0 Å². The Labute approximate surface area is 113 Å². The summed E-state index contributed by atoms with van der Waals surface area (Å²) in [6.45, 7) is 6.71. The molecule has 0 aliphatic heterocycles. The maximum absolute atomic E-state index is 5.27. The minimum Gasteiger partial charge on any atom is -0.382 e. The van der Waals surface area contributed by atoms with Crippen molar-refractivity contribution >= 4 is 5.96 Å². The molecule has 0 saturated carbocycles. The van der Waals surface area contributed by atoms with Gasteiger partial charge in [-0.25, -0.2) is 0 Å². The first-order chi connectivity index (χ1) is 9.26. The summed E-state index contributed by atoms with van der Waals surface area (Å²) in [6.07, 6.45) is 2.08. The summed E-state index contributed by atoms with van der Waals surface area (Å²) in [6, 6.07) is 0. The van der Waals surface area contributed by atoms with Crippen LogP contribution in [0.15, 0.2) is 9.52 Å². The van der Waals surface area contributed by atoms with Crippen molar-refractivity contribution in [1.29, 1.82) is 0 Å². The van der Waals surface area contributed by atoms with E-state index in [4.69, 9.17) is 9.26 Å². The van der Waals surface area contributed by atoms with Gasteiger partial charge in [0.2, 0.25) is 5.89 Å². The van der Waals surface area contributed by atoms with Gasteiger partial charge in [0.25, 0.3) is 0 Å². The third kappa shape index (κ3) is 6.76. The average molecular weight is 269 g/mol. The number of hydrogen-bond donors (Lipinski definition) is 2. The first-order valence-corrected chi connectivity index (χ1v) is 6.57. The monoisotopic (exact) mass is 269 g/mol. The minimum absolute atomic E-state index is 0.472. The number of guanidine groups is 1. The van der Waals surface area contributed by atoms with E-state index in [9.17, 15) is 0 Å². The molecule has 108 valence electrons. The Morgan fingerprint density at radius 2 is 2.21 bits per heavy atom. The van der Waals surface area contributed by atoms with E-state index < -0.39 is 0 Å². The predicted octanol–water partition coefficient (Wildman–Crippen LogP) is 0.860. The predicted molar refractivity (Wildman–Crippen MR) is 73.0 cm³/mol. The van der Waals surface area contributed by atoms with Gasteiger partial charge in [-0.1, -0.05) is 5.16 Å². The summed E-state index contributed by atoms with van der Waals surface area (Å²) in [5.74, 6) is 1.92. The Hall–Kier alpha value is -1.63. The van der Waals surface area contributed by atoms with Crippen LogP contribution in [0.25, 0.3) is 0 Å². The van der Waals surface area contributed by atoms with E-state index in [-0.39, 0.29) is 0 Å². The lowest BCUT2D eigenvalue weighted by Crippen LogP contribution is -2.37. The van der Waals surface area contributed by atoms with Crippen LogP contribution in [0.5, 0.6) is 0 Å². The molecule has 0 spiro atoms. The molecule has 1 aromatic heterocycles. The number of rotatable bonds is 8. The molecule has 0 saturated heterocycles. The van der Waals surface area contributed by atoms with Crippen molar-refractivity contribution in [3.8, 4) is 0 Å². The number of ether oxygens (including phenoxy) is 1. The zero-order chi connectivity index (χ0) is 13.9. The van der Waals surface area contributed by atoms with Crippen LogP contribution in [0.3, 0.4) is 0 Å². The van der Waals surface area contributed by atoms with E-state index in [2.05, 4.69) is 25.8 Å². The maximum atomic E-state index is 5.27. The molecule has 0 amide bonds. The first kappa shape index (κ1) is 15.4. The van der Waals surface area contributed by atoms with Crippen molar-refractivity contribution in [3.63, 3.8) is 0 Å². The molecule has 1 heterocycles. The van der Waals surface area contributed by atoms with E-state index in [0.717, 1.165) is 38.6 Å². The summed E-state index contributed by atoms with van der Waals surface area (Å²) >= 11 is 0. The van der Waals surface area contributed by atoms with Gasteiger partial charge in [-0.3, -0.25) is 4.99 Å². The van der Waals surface area contributed by atoms with Crippen molar-refractivity contribution < 1.29 is 9.26 Å². The summed E-state index contributed by atoms with van der Waals surface area (Å²) in [7, 11) is 1.73.